The van der Waals surface area contributed by atoms with Crippen molar-refractivity contribution in [2.75, 3.05) is 26.4 Å². The van der Waals surface area contributed by atoms with Gasteiger partial charge in [0.2, 0.25) is 0 Å². The highest BCUT2D eigenvalue weighted by Gasteiger charge is 2.28. The number of hydrogen-bond acceptors (Lipinski definition) is 10. The first kappa shape index (κ1) is 73.9. The maximum atomic E-state index is 12.9. The number of allylic oxidation sites excluding steroid dienone is 20. The summed E-state index contributed by atoms with van der Waals surface area (Å²) in [7, 11) is -4.77. The Morgan fingerprint density at radius 1 is 0.372 bits per heavy atom. The molecular formula is C66H109O11P. The van der Waals surface area contributed by atoms with Gasteiger partial charge in [-0.05, 0) is 128 Å². The third-order valence-electron chi connectivity index (χ3n) is 12.3. The largest absolute Gasteiger partial charge is 0.472 e. The van der Waals surface area contributed by atoms with Crippen LogP contribution in [-0.4, -0.2) is 66.5 Å². The number of unbranched alkanes of at least 4 members (excludes halogenated alkanes) is 18. The van der Waals surface area contributed by atoms with Gasteiger partial charge in [-0.15, -0.1) is 0 Å². The molecule has 0 saturated carbocycles. The quantitative estimate of drug-likeness (QED) is 0.0197. The fourth-order valence-corrected chi connectivity index (χ4v) is 8.50. The predicted octanol–water partition coefficient (Wildman–Crippen LogP) is 18.4. The lowest BCUT2D eigenvalue weighted by molar-refractivity contribution is -0.161. The molecule has 12 heteroatoms. The summed E-state index contributed by atoms with van der Waals surface area (Å²) in [6.45, 7) is 4.37. The standard InChI is InChI=1S/C66H109O11P/c1-4-7-10-13-16-19-22-25-27-29-31-33-35-38-41-44-47-50-53-56-65(69)76-62(58-67)60-74-78(71,72)75-61-63(59-73-64(68)55-52-49-46-43-40-37-24-21-18-15-12-9-6-3)77-66(70)57-54-51-48-45-42-39-36-34-32-30-28-26-23-20-17-14-11-8-5-2/h8,11-12,15-17,19-21,24-28,31-34,39,42,62-63,67H,4-7,9-10,13-14,18,22-23,29-30,35-38,40-41,43-61H2,1-3H3,(H,71,72)/b11-8-,15-12-,19-16-,20-17-,24-21-,27-25-,28-26-,33-31-,34-32-,42-39-. The van der Waals surface area contributed by atoms with Crippen molar-refractivity contribution in [3.8, 4) is 0 Å². The predicted molar refractivity (Wildman–Crippen MR) is 325 cm³/mol. The minimum Gasteiger partial charge on any atom is -0.462 e. The molecule has 0 aliphatic carbocycles. The third kappa shape index (κ3) is 56.6. The van der Waals surface area contributed by atoms with Crippen LogP contribution in [0.25, 0.3) is 0 Å². The molecule has 0 fully saturated rings. The lowest BCUT2D eigenvalue weighted by atomic mass is 10.1. The number of aliphatic hydroxyl groups excluding tert-OH is 1. The van der Waals surface area contributed by atoms with E-state index >= 15 is 0 Å². The number of carbonyl (C=O) groups is 3. The number of hydrogen-bond donors (Lipinski definition) is 2. The highest BCUT2D eigenvalue weighted by Crippen LogP contribution is 2.43. The van der Waals surface area contributed by atoms with Crippen molar-refractivity contribution in [1.29, 1.82) is 0 Å². The van der Waals surface area contributed by atoms with Gasteiger partial charge in [-0.1, -0.05) is 213 Å². The van der Waals surface area contributed by atoms with E-state index in [9.17, 15) is 28.9 Å². The zero-order valence-electron chi connectivity index (χ0n) is 49.1. The van der Waals surface area contributed by atoms with E-state index in [1.165, 1.54) is 25.7 Å². The molecule has 0 radical (unpaired) electrons. The first-order chi connectivity index (χ1) is 38.2. The van der Waals surface area contributed by atoms with Crippen LogP contribution in [-0.2, 0) is 42.2 Å². The van der Waals surface area contributed by atoms with E-state index in [1.54, 1.807) is 0 Å². The maximum absolute atomic E-state index is 12.9. The molecule has 11 nitrogen and oxygen atoms in total. The topological polar surface area (TPSA) is 155 Å². The first-order valence-electron chi connectivity index (χ1n) is 30.4. The Hall–Kier alpha value is -4.12. The Morgan fingerprint density at radius 2 is 0.692 bits per heavy atom. The van der Waals surface area contributed by atoms with Crippen molar-refractivity contribution >= 4 is 25.7 Å². The Morgan fingerprint density at radius 3 is 1.09 bits per heavy atom. The fourth-order valence-electron chi connectivity index (χ4n) is 7.72. The molecule has 0 spiro atoms. The summed E-state index contributed by atoms with van der Waals surface area (Å²) in [6.07, 6.45) is 72.9. The van der Waals surface area contributed by atoms with E-state index in [0.29, 0.717) is 19.3 Å². The van der Waals surface area contributed by atoms with Gasteiger partial charge in [0.15, 0.2) is 6.10 Å². The molecule has 0 rings (SSSR count). The van der Waals surface area contributed by atoms with Crippen LogP contribution in [0, 0.1) is 0 Å². The SMILES string of the molecule is CC/C=C\C/C=C\C/C=C\C/C=C\C/C=C\CCCCCC(=O)OC(COC(=O)CCCCCCC/C=C\C/C=C\CCC)COP(=O)(O)OCC(CO)OC(=O)CCCCCCCC/C=C\C/C=C\C/C=C\CCCCC. The van der Waals surface area contributed by atoms with Gasteiger partial charge in [0.1, 0.15) is 12.7 Å². The summed E-state index contributed by atoms with van der Waals surface area (Å²) in [5, 5.41) is 9.84. The summed E-state index contributed by atoms with van der Waals surface area (Å²) in [5.74, 6) is -1.54. The zero-order valence-corrected chi connectivity index (χ0v) is 50.0. The van der Waals surface area contributed by atoms with Crippen LogP contribution in [0.15, 0.2) is 122 Å². The van der Waals surface area contributed by atoms with Crippen LogP contribution < -0.4 is 0 Å². The zero-order chi connectivity index (χ0) is 56.9. The van der Waals surface area contributed by atoms with Gasteiger partial charge in [0, 0.05) is 19.3 Å². The monoisotopic (exact) mass is 1110 g/mol. The van der Waals surface area contributed by atoms with Crippen LogP contribution in [0.5, 0.6) is 0 Å². The van der Waals surface area contributed by atoms with Crippen LogP contribution in [0.3, 0.4) is 0 Å². The third-order valence-corrected chi connectivity index (χ3v) is 13.3. The lowest BCUT2D eigenvalue weighted by Gasteiger charge is -2.21. The maximum Gasteiger partial charge on any atom is 0.472 e. The number of ether oxygens (including phenoxy) is 3. The van der Waals surface area contributed by atoms with Gasteiger partial charge in [0.05, 0.1) is 19.8 Å². The van der Waals surface area contributed by atoms with E-state index in [0.717, 1.165) is 154 Å². The summed E-state index contributed by atoms with van der Waals surface area (Å²) >= 11 is 0. The molecule has 78 heavy (non-hydrogen) atoms. The van der Waals surface area contributed by atoms with Crippen molar-refractivity contribution in [2.45, 2.75) is 251 Å². The first-order valence-corrected chi connectivity index (χ1v) is 31.9. The normalized spacial score (nSPS) is 14.2. The van der Waals surface area contributed by atoms with Crippen LogP contribution >= 0.6 is 7.82 Å². The van der Waals surface area contributed by atoms with E-state index in [-0.39, 0.29) is 25.9 Å². The van der Waals surface area contributed by atoms with E-state index in [1.807, 2.05) is 0 Å². The molecule has 0 aliphatic rings. The molecule has 3 atom stereocenters. The molecule has 0 bridgehead atoms. The minimum absolute atomic E-state index is 0.118. The number of phosphoric acid groups is 1. The number of esters is 3. The Kier molecular flexibility index (Phi) is 55.9. The molecule has 0 aliphatic heterocycles. The molecule has 0 saturated heterocycles. The smallest absolute Gasteiger partial charge is 0.462 e. The Bertz CT molecular complexity index is 1770. The van der Waals surface area contributed by atoms with Crippen molar-refractivity contribution in [3.63, 3.8) is 0 Å². The number of carbonyl (C=O) groups excluding carboxylic acids is 3. The number of rotatable bonds is 55. The number of aliphatic hydroxyl groups is 1. The molecule has 0 heterocycles. The van der Waals surface area contributed by atoms with Gasteiger partial charge in [-0.25, -0.2) is 4.57 Å². The van der Waals surface area contributed by atoms with Gasteiger partial charge < -0.3 is 24.2 Å². The Labute approximate surface area is 475 Å². The molecule has 3 unspecified atom stereocenters. The molecule has 0 aromatic rings. The molecule has 0 amide bonds. The molecule has 2 N–H and O–H groups in total. The molecule has 0 aromatic carbocycles. The molecule has 444 valence electrons. The second-order valence-electron chi connectivity index (χ2n) is 19.8. The summed E-state index contributed by atoms with van der Waals surface area (Å²) in [5.41, 5.74) is 0. The lowest BCUT2D eigenvalue weighted by Crippen LogP contribution is -2.30. The van der Waals surface area contributed by atoms with Crippen LogP contribution in [0.1, 0.15) is 239 Å². The molecular weight excluding hydrogens is 1000 g/mol. The van der Waals surface area contributed by atoms with Crippen LogP contribution in [0.2, 0.25) is 0 Å². The second-order valence-corrected chi connectivity index (χ2v) is 21.2. The average molecular weight is 1110 g/mol. The van der Waals surface area contributed by atoms with Crippen molar-refractivity contribution in [1.82, 2.24) is 0 Å². The van der Waals surface area contributed by atoms with E-state index < -0.39 is 57.8 Å². The van der Waals surface area contributed by atoms with Gasteiger partial charge in [-0.2, -0.15) is 0 Å². The van der Waals surface area contributed by atoms with E-state index in [4.69, 9.17) is 23.3 Å². The fraction of sp³-hybridized carbons (Fsp3) is 0.652. The second kappa shape index (κ2) is 59.0. The Balaban J connectivity index is 4.77. The minimum atomic E-state index is -4.77. The van der Waals surface area contributed by atoms with Crippen molar-refractivity contribution in [3.05, 3.63) is 122 Å². The summed E-state index contributed by atoms with van der Waals surface area (Å²) in [4.78, 5) is 48.6. The highest BCUT2D eigenvalue weighted by molar-refractivity contribution is 7.47. The molecule has 0 aromatic heterocycles. The van der Waals surface area contributed by atoms with Crippen molar-refractivity contribution in [2.24, 2.45) is 0 Å². The van der Waals surface area contributed by atoms with Gasteiger partial charge in [0.25, 0.3) is 0 Å². The summed E-state index contributed by atoms with van der Waals surface area (Å²) in [6, 6.07) is 0. The number of phosphoric ester groups is 1. The highest BCUT2D eigenvalue weighted by atomic mass is 31.2. The van der Waals surface area contributed by atoms with Crippen molar-refractivity contribution < 1.29 is 52.2 Å². The average Bonchev–Trinajstić information content (AvgIpc) is 3.43. The van der Waals surface area contributed by atoms with E-state index in [2.05, 4.69) is 142 Å². The van der Waals surface area contributed by atoms with Crippen LogP contribution in [0.4, 0.5) is 0 Å². The van der Waals surface area contributed by atoms with Gasteiger partial charge >= 0.3 is 25.7 Å². The van der Waals surface area contributed by atoms with Gasteiger partial charge in [-0.3, -0.25) is 23.4 Å². The summed E-state index contributed by atoms with van der Waals surface area (Å²) < 4.78 is 39.5.